The van der Waals surface area contributed by atoms with E-state index in [1.54, 1.807) is 0 Å². The molecule has 0 aromatic heterocycles. The molecule has 0 heterocycles. The maximum absolute atomic E-state index is 6.03. The zero-order valence-electron chi connectivity index (χ0n) is 18.8. The van der Waals surface area contributed by atoms with Gasteiger partial charge in [-0.1, -0.05) is 110 Å². The number of rotatable bonds is 21. The summed E-state index contributed by atoms with van der Waals surface area (Å²) in [5.41, 5.74) is 0. The maximum atomic E-state index is 6.03. The molecule has 26 heavy (non-hydrogen) atoms. The second-order valence-corrected chi connectivity index (χ2v) is 11.8. The lowest BCUT2D eigenvalue weighted by Gasteiger charge is -2.22. The highest BCUT2D eigenvalue weighted by molar-refractivity contribution is 6.64. The molecule has 0 saturated carbocycles. The van der Waals surface area contributed by atoms with E-state index in [4.69, 9.17) is 8.85 Å². The quantitative estimate of drug-likeness (QED) is 0.146. The van der Waals surface area contributed by atoms with Gasteiger partial charge in [-0.15, -0.1) is 0 Å². The first-order valence-electron chi connectivity index (χ1n) is 11.9. The molecule has 0 N–H and O–H groups in total. The van der Waals surface area contributed by atoms with Crippen molar-refractivity contribution >= 4 is 8.56 Å². The minimum Gasteiger partial charge on any atom is -0.395 e. The fraction of sp³-hybridized carbons (Fsp3) is 1.00. The predicted octanol–water partition coefficient (Wildman–Crippen LogP) is 8.39. The summed E-state index contributed by atoms with van der Waals surface area (Å²) in [6.07, 6.45) is 23.4. The Kier molecular flexibility index (Phi) is 20.0. The lowest BCUT2D eigenvalue weighted by Crippen LogP contribution is -2.35. The van der Waals surface area contributed by atoms with Crippen LogP contribution in [0.2, 0.25) is 13.1 Å². The molecule has 158 valence electrons. The topological polar surface area (TPSA) is 18.5 Å². The molecule has 0 aromatic rings. The van der Waals surface area contributed by atoms with E-state index < -0.39 is 8.56 Å². The highest BCUT2D eigenvalue weighted by atomic mass is 28.4. The van der Waals surface area contributed by atoms with Gasteiger partial charge in [0.05, 0.1) is 0 Å². The van der Waals surface area contributed by atoms with Crippen molar-refractivity contribution < 1.29 is 8.85 Å². The third-order valence-corrected chi connectivity index (χ3v) is 6.94. The Hall–Kier alpha value is 0.137. The molecule has 0 aromatic carbocycles. The van der Waals surface area contributed by atoms with Crippen molar-refractivity contribution in [3.8, 4) is 0 Å². The average Bonchev–Trinajstić information content (AvgIpc) is 2.62. The van der Waals surface area contributed by atoms with Crippen molar-refractivity contribution in [2.24, 2.45) is 0 Å². The van der Waals surface area contributed by atoms with E-state index in [-0.39, 0.29) is 0 Å². The van der Waals surface area contributed by atoms with Crippen LogP contribution in [0, 0.1) is 0 Å². The first-order chi connectivity index (χ1) is 12.6. The van der Waals surface area contributed by atoms with E-state index >= 15 is 0 Å². The minimum atomic E-state index is -1.86. The van der Waals surface area contributed by atoms with Gasteiger partial charge in [-0.3, -0.25) is 0 Å². The molecule has 0 amide bonds. The summed E-state index contributed by atoms with van der Waals surface area (Å²) in [4.78, 5) is 0. The molecule has 0 aliphatic rings. The summed E-state index contributed by atoms with van der Waals surface area (Å²) in [6.45, 7) is 10.7. The minimum absolute atomic E-state index is 0.881. The Bertz CT molecular complexity index is 269. The Morgan fingerprint density at radius 1 is 0.423 bits per heavy atom. The molecule has 0 spiro atoms. The molecule has 0 fully saturated rings. The Morgan fingerprint density at radius 3 is 1.08 bits per heavy atom. The van der Waals surface area contributed by atoms with Crippen LogP contribution < -0.4 is 0 Å². The van der Waals surface area contributed by atoms with E-state index in [0.29, 0.717) is 0 Å². The van der Waals surface area contributed by atoms with Crippen molar-refractivity contribution in [2.45, 2.75) is 136 Å². The van der Waals surface area contributed by atoms with Crippen molar-refractivity contribution in [3.05, 3.63) is 0 Å². The molecule has 0 unspecified atom stereocenters. The first kappa shape index (κ1) is 26.1. The van der Waals surface area contributed by atoms with Gasteiger partial charge in [0.2, 0.25) is 0 Å². The second kappa shape index (κ2) is 19.9. The molecule has 2 nitrogen and oxygen atoms in total. The van der Waals surface area contributed by atoms with Gasteiger partial charge in [0.1, 0.15) is 0 Å². The van der Waals surface area contributed by atoms with Gasteiger partial charge in [-0.2, -0.15) is 0 Å². The van der Waals surface area contributed by atoms with E-state index in [9.17, 15) is 0 Å². The summed E-state index contributed by atoms with van der Waals surface area (Å²) in [6, 6.07) is 0. The molecule has 0 saturated heterocycles. The second-order valence-electron chi connectivity index (χ2n) is 8.40. The van der Waals surface area contributed by atoms with Crippen molar-refractivity contribution in [1.82, 2.24) is 0 Å². The fourth-order valence-electron chi connectivity index (χ4n) is 3.33. The molecule has 0 aliphatic heterocycles. The smallest absolute Gasteiger partial charge is 0.331 e. The summed E-state index contributed by atoms with van der Waals surface area (Å²) in [5, 5.41) is 0. The highest BCUT2D eigenvalue weighted by Gasteiger charge is 2.23. The van der Waals surface area contributed by atoms with Crippen LogP contribution in [0.25, 0.3) is 0 Å². The van der Waals surface area contributed by atoms with Gasteiger partial charge in [0.15, 0.2) is 0 Å². The maximum Gasteiger partial charge on any atom is 0.331 e. The summed E-state index contributed by atoms with van der Waals surface area (Å²) < 4.78 is 12.0. The third kappa shape index (κ3) is 20.4. The molecule has 0 rings (SSSR count). The molecule has 0 aliphatic carbocycles. The van der Waals surface area contributed by atoms with Crippen molar-refractivity contribution in [2.75, 3.05) is 13.2 Å². The van der Waals surface area contributed by atoms with Gasteiger partial charge in [-0.25, -0.2) is 0 Å². The summed E-state index contributed by atoms with van der Waals surface area (Å²) >= 11 is 0. The first-order valence-corrected chi connectivity index (χ1v) is 14.7. The zero-order valence-corrected chi connectivity index (χ0v) is 19.8. The van der Waals surface area contributed by atoms with E-state index in [2.05, 4.69) is 26.9 Å². The van der Waals surface area contributed by atoms with E-state index in [0.717, 1.165) is 13.2 Å². The summed E-state index contributed by atoms with van der Waals surface area (Å²) in [7, 11) is -1.86. The van der Waals surface area contributed by atoms with Crippen LogP contribution in [0.5, 0.6) is 0 Å². The Balaban J connectivity index is 3.21. The normalized spacial score (nSPS) is 12.0. The number of unbranched alkanes of at least 4 members (excludes halogenated alkanes) is 15. The summed E-state index contributed by atoms with van der Waals surface area (Å²) in [5.74, 6) is 0. The number of hydrogen-bond acceptors (Lipinski definition) is 2. The molecule has 3 heteroatoms. The van der Waals surface area contributed by atoms with Crippen LogP contribution in [0.3, 0.4) is 0 Å². The van der Waals surface area contributed by atoms with Crippen molar-refractivity contribution in [1.29, 1.82) is 0 Å². The van der Waals surface area contributed by atoms with Crippen LogP contribution in [-0.2, 0) is 8.85 Å². The number of hydrogen-bond donors (Lipinski definition) is 0. The SMILES string of the molecule is CCCCCCCCCCCCCCCCO[Si](C)(C)OCCCCC. The van der Waals surface area contributed by atoms with Crippen LogP contribution in [0.15, 0.2) is 0 Å². The molecular formula is C23H50O2Si. The third-order valence-electron chi connectivity index (χ3n) is 5.15. The van der Waals surface area contributed by atoms with E-state index in [1.807, 2.05) is 0 Å². The highest BCUT2D eigenvalue weighted by Crippen LogP contribution is 2.14. The standard InChI is InChI=1S/C23H50O2Si/c1-5-7-9-10-11-12-13-14-15-16-17-18-19-21-23-25-26(3,4)24-22-20-8-6-2/h5-23H2,1-4H3. The van der Waals surface area contributed by atoms with Crippen LogP contribution in [0.1, 0.15) is 123 Å². The monoisotopic (exact) mass is 386 g/mol. The largest absolute Gasteiger partial charge is 0.395 e. The predicted molar refractivity (Wildman–Crippen MR) is 119 cm³/mol. The lowest BCUT2D eigenvalue weighted by molar-refractivity contribution is 0.173. The van der Waals surface area contributed by atoms with Crippen LogP contribution in [0.4, 0.5) is 0 Å². The van der Waals surface area contributed by atoms with Gasteiger partial charge in [-0.05, 0) is 25.9 Å². The molecule has 0 bridgehead atoms. The Labute approximate surface area is 167 Å². The van der Waals surface area contributed by atoms with Crippen molar-refractivity contribution in [3.63, 3.8) is 0 Å². The average molecular weight is 387 g/mol. The van der Waals surface area contributed by atoms with Gasteiger partial charge in [0, 0.05) is 13.2 Å². The molecular weight excluding hydrogens is 336 g/mol. The zero-order chi connectivity index (χ0) is 19.3. The Morgan fingerprint density at radius 2 is 0.692 bits per heavy atom. The fourth-order valence-corrected chi connectivity index (χ4v) is 4.68. The van der Waals surface area contributed by atoms with Gasteiger partial charge in [0.25, 0.3) is 0 Å². The molecule has 0 atom stereocenters. The lowest BCUT2D eigenvalue weighted by atomic mass is 10.0. The van der Waals surface area contributed by atoms with Crippen LogP contribution >= 0.6 is 0 Å². The van der Waals surface area contributed by atoms with E-state index in [1.165, 1.54) is 109 Å². The van der Waals surface area contributed by atoms with Crippen LogP contribution in [-0.4, -0.2) is 21.8 Å². The molecule has 0 radical (unpaired) electrons. The van der Waals surface area contributed by atoms with Gasteiger partial charge >= 0.3 is 8.56 Å². The van der Waals surface area contributed by atoms with Gasteiger partial charge < -0.3 is 8.85 Å².